The maximum absolute atomic E-state index is 11.7. The number of amides is 1. The van der Waals surface area contributed by atoms with E-state index in [9.17, 15) is 9.59 Å². The average Bonchev–Trinajstić information content (AvgIpc) is 3.01. The molecule has 6 heteroatoms. The molecule has 1 heterocycles. The van der Waals surface area contributed by atoms with Crippen molar-refractivity contribution in [1.82, 2.24) is 4.90 Å². The van der Waals surface area contributed by atoms with Gasteiger partial charge in [-0.25, -0.2) is 4.79 Å². The van der Waals surface area contributed by atoms with Crippen molar-refractivity contribution >= 4 is 23.6 Å². The second-order valence-electron chi connectivity index (χ2n) is 4.62. The molecule has 0 saturated carbocycles. The summed E-state index contributed by atoms with van der Waals surface area (Å²) in [6, 6.07) is 6.79. The highest BCUT2D eigenvalue weighted by Crippen LogP contribution is 2.25. The van der Waals surface area contributed by atoms with Crippen molar-refractivity contribution in [3.63, 3.8) is 0 Å². The number of hydrogen-bond acceptors (Lipinski definition) is 5. The van der Waals surface area contributed by atoms with Crippen LogP contribution in [-0.4, -0.2) is 47.7 Å². The Hall–Kier alpha value is -1.95. The van der Waals surface area contributed by atoms with Gasteiger partial charge in [0.25, 0.3) is 0 Å². The smallest absolute Gasteiger partial charge is 0.338 e. The van der Waals surface area contributed by atoms with Gasteiger partial charge in [-0.3, -0.25) is 4.79 Å². The third-order valence-corrected chi connectivity index (χ3v) is 4.40. The molecule has 0 radical (unpaired) electrons. The fourth-order valence-electron chi connectivity index (χ4n) is 2.10. The molecule has 0 N–H and O–H groups in total. The first-order valence-corrected chi connectivity index (χ1v) is 8.15. The Bertz CT molecular complexity index is 544. The van der Waals surface area contributed by atoms with Gasteiger partial charge in [0.1, 0.15) is 17.7 Å². The molecule has 1 aliphatic rings. The van der Waals surface area contributed by atoms with E-state index >= 15 is 0 Å². The molecule has 0 spiro atoms. The highest BCUT2D eigenvalue weighted by atomic mass is 32.2. The predicted molar refractivity (Wildman–Crippen MR) is 86.0 cm³/mol. The van der Waals surface area contributed by atoms with Gasteiger partial charge in [-0.15, -0.1) is 11.8 Å². The molecule has 118 valence electrons. The molecule has 1 atom stereocenters. The van der Waals surface area contributed by atoms with Crippen LogP contribution in [0.1, 0.15) is 17.3 Å². The summed E-state index contributed by atoms with van der Waals surface area (Å²) in [6.45, 7) is 6.75. The summed E-state index contributed by atoms with van der Waals surface area (Å²) in [7, 11) is 0. The fraction of sp³-hybridized carbons (Fsp3) is 0.375. The van der Waals surface area contributed by atoms with E-state index in [0.29, 0.717) is 31.1 Å². The number of thioether (sulfide) groups is 1. The number of benzene rings is 1. The van der Waals surface area contributed by atoms with E-state index in [1.54, 1.807) is 47.9 Å². The van der Waals surface area contributed by atoms with Gasteiger partial charge in [0.2, 0.25) is 5.91 Å². The van der Waals surface area contributed by atoms with Crippen molar-refractivity contribution in [2.75, 3.05) is 25.5 Å². The molecule has 1 amide bonds. The first kappa shape index (κ1) is 16.4. The number of rotatable bonds is 6. The minimum absolute atomic E-state index is 0.00441. The lowest BCUT2D eigenvalue weighted by Crippen LogP contribution is -2.36. The van der Waals surface area contributed by atoms with E-state index in [0.717, 1.165) is 5.75 Å². The van der Waals surface area contributed by atoms with Crippen LogP contribution in [0, 0.1) is 0 Å². The van der Waals surface area contributed by atoms with Crippen molar-refractivity contribution in [2.24, 2.45) is 0 Å². The SMILES string of the molecule is C=CC(=O)N1CCSC1COc1ccc(C(=O)OCC)cc1. The van der Waals surface area contributed by atoms with Gasteiger partial charge in [-0.1, -0.05) is 6.58 Å². The molecule has 0 bridgehead atoms. The molecule has 1 saturated heterocycles. The number of esters is 1. The zero-order chi connectivity index (χ0) is 15.9. The van der Waals surface area contributed by atoms with E-state index in [2.05, 4.69) is 6.58 Å². The van der Waals surface area contributed by atoms with Gasteiger partial charge in [-0.05, 0) is 37.3 Å². The van der Waals surface area contributed by atoms with Crippen molar-refractivity contribution in [3.05, 3.63) is 42.5 Å². The topological polar surface area (TPSA) is 55.8 Å². The molecule has 1 unspecified atom stereocenters. The fourth-order valence-corrected chi connectivity index (χ4v) is 3.23. The number of hydrogen-bond donors (Lipinski definition) is 0. The van der Waals surface area contributed by atoms with Gasteiger partial charge in [0.15, 0.2) is 0 Å². The Morgan fingerprint density at radius 3 is 2.77 bits per heavy atom. The van der Waals surface area contributed by atoms with Crippen LogP contribution in [0.2, 0.25) is 0 Å². The molecule has 0 aromatic heterocycles. The van der Waals surface area contributed by atoms with E-state index in [-0.39, 0.29) is 17.3 Å². The molecule has 1 aromatic carbocycles. The molecule has 22 heavy (non-hydrogen) atoms. The molecular formula is C16H19NO4S. The largest absolute Gasteiger partial charge is 0.491 e. The number of ether oxygens (including phenoxy) is 2. The molecule has 1 fully saturated rings. The van der Waals surface area contributed by atoms with Crippen LogP contribution in [0.4, 0.5) is 0 Å². The second-order valence-corrected chi connectivity index (χ2v) is 5.90. The van der Waals surface area contributed by atoms with Crippen LogP contribution in [0.5, 0.6) is 5.75 Å². The highest BCUT2D eigenvalue weighted by molar-refractivity contribution is 8.00. The Morgan fingerprint density at radius 1 is 1.41 bits per heavy atom. The van der Waals surface area contributed by atoms with E-state index in [1.165, 1.54) is 6.08 Å². The summed E-state index contributed by atoms with van der Waals surface area (Å²) in [6.07, 6.45) is 1.33. The lowest BCUT2D eigenvalue weighted by molar-refractivity contribution is -0.126. The standard InChI is InChI=1S/C16H19NO4S/c1-3-14(18)17-9-10-22-15(17)11-21-13-7-5-12(6-8-13)16(19)20-4-2/h3,5-8,15H,1,4,9-11H2,2H3. The maximum Gasteiger partial charge on any atom is 0.338 e. The van der Waals surface area contributed by atoms with E-state index in [1.807, 2.05) is 0 Å². The van der Waals surface area contributed by atoms with Crippen molar-refractivity contribution in [3.8, 4) is 5.75 Å². The molecule has 0 aliphatic carbocycles. The number of carbonyl (C=O) groups excluding carboxylic acids is 2. The quantitative estimate of drug-likeness (QED) is 0.594. The lowest BCUT2D eigenvalue weighted by atomic mass is 10.2. The van der Waals surface area contributed by atoms with Crippen molar-refractivity contribution in [1.29, 1.82) is 0 Å². The first-order chi connectivity index (χ1) is 10.7. The highest BCUT2D eigenvalue weighted by Gasteiger charge is 2.28. The van der Waals surface area contributed by atoms with Gasteiger partial charge < -0.3 is 14.4 Å². The third-order valence-electron chi connectivity index (χ3n) is 3.21. The van der Waals surface area contributed by atoms with Crippen LogP contribution in [-0.2, 0) is 9.53 Å². The van der Waals surface area contributed by atoms with Crippen molar-refractivity contribution in [2.45, 2.75) is 12.3 Å². The van der Waals surface area contributed by atoms with Crippen LogP contribution in [0.15, 0.2) is 36.9 Å². The van der Waals surface area contributed by atoms with Crippen LogP contribution < -0.4 is 4.74 Å². The monoisotopic (exact) mass is 321 g/mol. The van der Waals surface area contributed by atoms with Crippen LogP contribution in [0.3, 0.4) is 0 Å². The van der Waals surface area contributed by atoms with Gasteiger partial charge in [-0.2, -0.15) is 0 Å². The Balaban J connectivity index is 1.90. The van der Waals surface area contributed by atoms with Crippen molar-refractivity contribution < 1.29 is 19.1 Å². The summed E-state index contributed by atoms with van der Waals surface area (Å²) < 4.78 is 10.6. The van der Waals surface area contributed by atoms with Gasteiger partial charge in [0, 0.05) is 12.3 Å². The predicted octanol–water partition coefficient (Wildman–Crippen LogP) is 2.33. The minimum atomic E-state index is -0.344. The van der Waals surface area contributed by atoms with E-state index in [4.69, 9.17) is 9.47 Å². The maximum atomic E-state index is 11.7. The molecule has 1 aromatic rings. The first-order valence-electron chi connectivity index (χ1n) is 7.10. The van der Waals surface area contributed by atoms with E-state index < -0.39 is 0 Å². The van der Waals surface area contributed by atoms with Gasteiger partial charge >= 0.3 is 5.97 Å². The number of carbonyl (C=O) groups is 2. The third kappa shape index (κ3) is 4.04. The summed E-state index contributed by atoms with van der Waals surface area (Å²) >= 11 is 1.69. The van der Waals surface area contributed by atoms with Gasteiger partial charge in [0.05, 0.1) is 12.2 Å². The zero-order valence-electron chi connectivity index (χ0n) is 12.5. The Morgan fingerprint density at radius 2 is 2.14 bits per heavy atom. The molecular weight excluding hydrogens is 302 g/mol. The summed E-state index contributed by atoms with van der Waals surface area (Å²) in [5.74, 6) is 1.14. The Kier molecular flexibility index (Phi) is 5.89. The Labute approximate surface area is 134 Å². The summed E-state index contributed by atoms with van der Waals surface area (Å²) in [4.78, 5) is 25.0. The normalized spacial score (nSPS) is 17.1. The summed E-state index contributed by atoms with van der Waals surface area (Å²) in [5.41, 5.74) is 0.493. The second kappa shape index (κ2) is 7.89. The number of nitrogens with zero attached hydrogens (tertiary/aromatic N) is 1. The average molecular weight is 321 g/mol. The minimum Gasteiger partial charge on any atom is -0.491 e. The lowest BCUT2D eigenvalue weighted by Gasteiger charge is -2.22. The zero-order valence-corrected chi connectivity index (χ0v) is 13.3. The van der Waals surface area contributed by atoms with Crippen LogP contribution >= 0.6 is 11.8 Å². The van der Waals surface area contributed by atoms with Crippen LogP contribution in [0.25, 0.3) is 0 Å². The summed E-state index contributed by atoms with van der Waals surface area (Å²) in [5, 5.41) is -0.00441. The molecule has 2 rings (SSSR count). The molecule has 1 aliphatic heterocycles. The molecule has 5 nitrogen and oxygen atoms in total.